The van der Waals surface area contributed by atoms with Crippen LogP contribution in [-0.4, -0.2) is 43.3 Å². The Labute approximate surface area is 118 Å². The number of ether oxygens (including phenoxy) is 1. The van der Waals surface area contributed by atoms with Crippen molar-refractivity contribution in [3.05, 3.63) is 23.5 Å². The largest absolute Gasteiger partial charge is 0.504 e. The number of hydrogen-bond donors (Lipinski definition) is 2. The first-order chi connectivity index (χ1) is 9.70. The number of aromatic hydroxyl groups is 1. The fourth-order valence-electron chi connectivity index (χ4n) is 3.10. The molecule has 0 unspecified atom stereocenters. The van der Waals surface area contributed by atoms with Gasteiger partial charge in [0.15, 0.2) is 11.5 Å². The van der Waals surface area contributed by atoms with E-state index in [-0.39, 0.29) is 23.4 Å². The second kappa shape index (κ2) is 5.58. The molecule has 1 saturated carbocycles. The Hall–Kier alpha value is -1.33. The van der Waals surface area contributed by atoms with Crippen LogP contribution in [0, 0.1) is 11.7 Å². The van der Waals surface area contributed by atoms with E-state index in [1.807, 2.05) is 0 Å². The Bertz CT molecular complexity index is 485. The van der Waals surface area contributed by atoms with Gasteiger partial charge < -0.3 is 15.2 Å². The van der Waals surface area contributed by atoms with E-state index in [1.165, 1.54) is 19.2 Å². The average Bonchev–Trinajstić information content (AvgIpc) is 3.28. The first kappa shape index (κ1) is 13.6. The predicted molar refractivity (Wildman–Crippen MR) is 74.5 cm³/mol. The summed E-state index contributed by atoms with van der Waals surface area (Å²) in [7, 11) is 1.45. The Morgan fingerprint density at radius 2 is 2.05 bits per heavy atom. The smallest absolute Gasteiger partial charge is 0.163 e. The topological polar surface area (TPSA) is 44.7 Å². The Balaban J connectivity index is 1.96. The van der Waals surface area contributed by atoms with Crippen LogP contribution in [0.25, 0.3) is 0 Å². The predicted octanol–water partition coefficient (Wildman–Crippen LogP) is 1.90. The highest BCUT2D eigenvalue weighted by atomic mass is 19.1. The summed E-state index contributed by atoms with van der Waals surface area (Å²) in [5.74, 6) is 0.478. The average molecular weight is 280 g/mol. The monoisotopic (exact) mass is 280 g/mol. The van der Waals surface area contributed by atoms with E-state index in [0.717, 1.165) is 39.0 Å². The molecule has 0 amide bonds. The summed E-state index contributed by atoms with van der Waals surface area (Å²) in [4.78, 5) is 2.35. The Morgan fingerprint density at radius 3 is 2.65 bits per heavy atom. The van der Waals surface area contributed by atoms with Crippen molar-refractivity contribution in [3.63, 3.8) is 0 Å². The van der Waals surface area contributed by atoms with Gasteiger partial charge in [-0.25, -0.2) is 4.39 Å². The van der Waals surface area contributed by atoms with E-state index in [1.54, 1.807) is 0 Å². The van der Waals surface area contributed by atoms with Crippen LogP contribution in [0.2, 0.25) is 0 Å². The van der Waals surface area contributed by atoms with Gasteiger partial charge >= 0.3 is 0 Å². The number of piperazine rings is 1. The number of halogens is 1. The lowest BCUT2D eigenvalue weighted by Crippen LogP contribution is -2.45. The third-order valence-electron chi connectivity index (χ3n) is 4.22. The summed E-state index contributed by atoms with van der Waals surface area (Å²) < 4.78 is 18.9. The minimum Gasteiger partial charge on any atom is -0.504 e. The highest BCUT2D eigenvalue weighted by Gasteiger charge is 2.38. The first-order valence-corrected chi connectivity index (χ1v) is 7.22. The molecule has 2 fully saturated rings. The highest BCUT2D eigenvalue weighted by Crippen LogP contribution is 2.48. The van der Waals surface area contributed by atoms with E-state index < -0.39 is 0 Å². The van der Waals surface area contributed by atoms with Crippen molar-refractivity contribution >= 4 is 0 Å². The van der Waals surface area contributed by atoms with Crippen molar-refractivity contribution in [2.75, 3.05) is 33.3 Å². The molecule has 1 saturated heterocycles. The molecule has 1 aliphatic carbocycles. The molecule has 4 nitrogen and oxygen atoms in total. The second-order valence-corrected chi connectivity index (χ2v) is 5.61. The molecule has 1 aromatic rings. The Kier molecular flexibility index (Phi) is 3.81. The summed E-state index contributed by atoms with van der Waals surface area (Å²) in [6.45, 7) is 3.74. The maximum Gasteiger partial charge on any atom is 0.163 e. The van der Waals surface area contributed by atoms with Crippen LogP contribution in [0.1, 0.15) is 24.4 Å². The number of rotatable bonds is 4. The fourth-order valence-corrected chi connectivity index (χ4v) is 3.10. The van der Waals surface area contributed by atoms with Gasteiger partial charge in [0.1, 0.15) is 5.82 Å². The highest BCUT2D eigenvalue weighted by molar-refractivity contribution is 5.48. The minimum atomic E-state index is -0.351. The standard InChI is InChI=1S/C15H21FN2O2/c1-20-13-9-11(16)8-12(15(13)19)14(10-2-3-10)18-6-4-17-5-7-18/h8-10,14,17,19H,2-7H2,1H3/t14-/m0/s1. The Morgan fingerprint density at radius 1 is 1.35 bits per heavy atom. The zero-order chi connectivity index (χ0) is 14.1. The molecule has 3 rings (SSSR count). The summed E-state index contributed by atoms with van der Waals surface area (Å²) >= 11 is 0. The molecule has 20 heavy (non-hydrogen) atoms. The molecular formula is C15H21FN2O2. The number of hydrogen-bond acceptors (Lipinski definition) is 4. The summed E-state index contributed by atoms with van der Waals surface area (Å²) in [6, 6.07) is 2.80. The summed E-state index contributed by atoms with van der Waals surface area (Å²) in [6.07, 6.45) is 2.29. The van der Waals surface area contributed by atoms with Gasteiger partial charge in [0.2, 0.25) is 0 Å². The molecule has 1 aliphatic heterocycles. The van der Waals surface area contributed by atoms with Crippen LogP contribution in [0.4, 0.5) is 4.39 Å². The van der Waals surface area contributed by atoms with E-state index in [9.17, 15) is 9.50 Å². The van der Waals surface area contributed by atoms with Crippen molar-refractivity contribution < 1.29 is 14.2 Å². The van der Waals surface area contributed by atoms with Crippen molar-refractivity contribution in [2.24, 2.45) is 5.92 Å². The third kappa shape index (κ3) is 2.60. The molecule has 110 valence electrons. The van der Waals surface area contributed by atoms with E-state index in [0.29, 0.717) is 11.5 Å². The zero-order valence-corrected chi connectivity index (χ0v) is 11.7. The third-order valence-corrected chi connectivity index (χ3v) is 4.22. The number of phenolic OH excluding ortho intramolecular Hbond substituents is 1. The van der Waals surface area contributed by atoms with Crippen LogP contribution in [0.15, 0.2) is 12.1 Å². The second-order valence-electron chi connectivity index (χ2n) is 5.61. The van der Waals surface area contributed by atoms with Crippen molar-refractivity contribution in [2.45, 2.75) is 18.9 Å². The summed E-state index contributed by atoms with van der Waals surface area (Å²) in [5, 5.41) is 13.7. The fraction of sp³-hybridized carbons (Fsp3) is 0.600. The van der Waals surface area contributed by atoms with Crippen molar-refractivity contribution in [1.29, 1.82) is 0 Å². The van der Waals surface area contributed by atoms with Crippen LogP contribution in [-0.2, 0) is 0 Å². The van der Waals surface area contributed by atoms with Crippen molar-refractivity contribution in [3.8, 4) is 11.5 Å². The van der Waals surface area contributed by atoms with E-state index in [4.69, 9.17) is 4.74 Å². The molecule has 0 spiro atoms. The maximum absolute atomic E-state index is 13.8. The number of benzene rings is 1. The number of methoxy groups -OCH3 is 1. The van der Waals surface area contributed by atoms with Gasteiger partial charge in [-0.15, -0.1) is 0 Å². The van der Waals surface area contributed by atoms with E-state index in [2.05, 4.69) is 10.2 Å². The molecule has 1 aromatic carbocycles. The molecule has 5 heteroatoms. The van der Waals surface area contributed by atoms with Crippen LogP contribution in [0.5, 0.6) is 11.5 Å². The van der Waals surface area contributed by atoms with Gasteiger partial charge in [-0.1, -0.05) is 0 Å². The quantitative estimate of drug-likeness (QED) is 0.884. The van der Waals surface area contributed by atoms with Crippen LogP contribution in [0.3, 0.4) is 0 Å². The molecular weight excluding hydrogens is 259 g/mol. The van der Waals surface area contributed by atoms with Gasteiger partial charge in [0, 0.05) is 43.9 Å². The molecule has 1 heterocycles. The first-order valence-electron chi connectivity index (χ1n) is 7.22. The molecule has 2 N–H and O–H groups in total. The van der Waals surface area contributed by atoms with Gasteiger partial charge in [-0.2, -0.15) is 0 Å². The molecule has 0 aromatic heterocycles. The van der Waals surface area contributed by atoms with Gasteiger partial charge in [-0.3, -0.25) is 4.90 Å². The maximum atomic E-state index is 13.8. The van der Waals surface area contributed by atoms with Crippen LogP contribution < -0.4 is 10.1 Å². The minimum absolute atomic E-state index is 0.0873. The molecule has 2 aliphatic rings. The normalized spacial score (nSPS) is 21.7. The SMILES string of the molecule is COc1cc(F)cc([C@H](C2CC2)N2CCNCC2)c1O. The number of phenols is 1. The van der Waals surface area contributed by atoms with Crippen LogP contribution >= 0.6 is 0 Å². The van der Waals surface area contributed by atoms with Gasteiger partial charge in [0.05, 0.1) is 7.11 Å². The lowest BCUT2D eigenvalue weighted by molar-refractivity contribution is 0.153. The van der Waals surface area contributed by atoms with Crippen molar-refractivity contribution in [1.82, 2.24) is 10.2 Å². The molecule has 0 bridgehead atoms. The zero-order valence-electron chi connectivity index (χ0n) is 11.7. The lowest BCUT2D eigenvalue weighted by Gasteiger charge is -2.35. The van der Waals surface area contributed by atoms with Gasteiger partial charge in [0.25, 0.3) is 0 Å². The molecule has 1 atom stereocenters. The van der Waals surface area contributed by atoms with E-state index >= 15 is 0 Å². The molecule has 0 radical (unpaired) electrons. The lowest BCUT2D eigenvalue weighted by atomic mass is 9.98. The number of nitrogens with zero attached hydrogens (tertiary/aromatic N) is 1. The van der Waals surface area contributed by atoms with Gasteiger partial charge in [-0.05, 0) is 24.8 Å². The summed E-state index contributed by atoms with van der Waals surface area (Å²) in [5.41, 5.74) is 0.672. The number of nitrogens with one attached hydrogen (secondary N) is 1.